The van der Waals surface area contributed by atoms with Crippen LogP contribution in [-0.2, 0) is 0 Å². The monoisotopic (exact) mass is 285 g/mol. The molecule has 0 aromatic heterocycles. The Morgan fingerprint density at radius 2 is 1.95 bits per heavy atom. The first-order valence-electron chi connectivity index (χ1n) is 6.85. The van der Waals surface area contributed by atoms with Gasteiger partial charge in [-0.3, -0.25) is 10.1 Å². The second kappa shape index (κ2) is 6.26. The van der Waals surface area contributed by atoms with Crippen LogP contribution in [0.25, 0.3) is 0 Å². The average molecular weight is 285 g/mol. The molecular formula is C16H19N3O2. The molecule has 0 aliphatic carbocycles. The number of nitrogens with zero attached hydrogens (tertiary/aromatic N) is 2. The van der Waals surface area contributed by atoms with Gasteiger partial charge in [-0.25, -0.2) is 0 Å². The maximum Gasteiger partial charge on any atom is 0.273 e. The topological polar surface area (TPSA) is 58.4 Å². The van der Waals surface area contributed by atoms with Crippen LogP contribution in [0.1, 0.15) is 12.5 Å². The van der Waals surface area contributed by atoms with E-state index in [0.29, 0.717) is 0 Å². The lowest BCUT2D eigenvalue weighted by molar-refractivity contribution is -0.384. The maximum atomic E-state index is 11.1. The Hall–Kier alpha value is -2.56. The molecule has 2 aromatic carbocycles. The van der Waals surface area contributed by atoms with E-state index in [-0.39, 0.29) is 10.6 Å². The van der Waals surface area contributed by atoms with E-state index in [4.69, 9.17) is 0 Å². The Morgan fingerprint density at radius 1 is 1.19 bits per heavy atom. The SMILES string of the molecule is CCNc1cc(N(C)c2cccc(C)c2)cc([N+](=O)[O-])c1. The number of nitro groups is 1. The van der Waals surface area contributed by atoms with Crippen LogP contribution in [0, 0.1) is 17.0 Å². The highest BCUT2D eigenvalue weighted by Gasteiger charge is 2.13. The Morgan fingerprint density at radius 3 is 2.57 bits per heavy atom. The smallest absolute Gasteiger partial charge is 0.273 e. The summed E-state index contributed by atoms with van der Waals surface area (Å²) in [4.78, 5) is 12.7. The molecule has 2 aromatic rings. The van der Waals surface area contributed by atoms with Gasteiger partial charge in [-0.15, -0.1) is 0 Å². The summed E-state index contributed by atoms with van der Waals surface area (Å²) in [5, 5.41) is 14.2. The summed E-state index contributed by atoms with van der Waals surface area (Å²) >= 11 is 0. The third kappa shape index (κ3) is 3.51. The number of non-ortho nitro benzene ring substituents is 1. The van der Waals surface area contributed by atoms with Crippen LogP contribution in [0.5, 0.6) is 0 Å². The van der Waals surface area contributed by atoms with Gasteiger partial charge in [0.25, 0.3) is 5.69 Å². The van der Waals surface area contributed by atoms with Crippen LogP contribution in [-0.4, -0.2) is 18.5 Å². The number of nitrogens with one attached hydrogen (secondary N) is 1. The highest BCUT2D eigenvalue weighted by Crippen LogP contribution is 2.30. The highest BCUT2D eigenvalue weighted by molar-refractivity contribution is 5.70. The largest absolute Gasteiger partial charge is 0.385 e. The number of nitro benzene ring substituents is 1. The van der Waals surface area contributed by atoms with Crippen LogP contribution in [0.3, 0.4) is 0 Å². The van der Waals surface area contributed by atoms with Gasteiger partial charge in [-0.2, -0.15) is 0 Å². The van der Waals surface area contributed by atoms with Crippen molar-refractivity contribution >= 4 is 22.7 Å². The second-order valence-electron chi connectivity index (χ2n) is 4.92. The van der Waals surface area contributed by atoms with Crippen molar-refractivity contribution in [3.63, 3.8) is 0 Å². The molecule has 110 valence electrons. The lowest BCUT2D eigenvalue weighted by Crippen LogP contribution is -2.10. The molecule has 1 N–H and O–H groups in total. The fourth-order valence-electron chi connectivity index (χ4n) is 2.19. The lowest BCUT2D eigenvalue weighted by Gasteiger charge is -2.20. The Bertz CT molecular complexity index is 656. The third-order valence-corrected chi connectivity index (χ3v) is 3.27. The summed E-state index contributed by atoms with van der Waals surface area (Å²) in [7, 11) is 1.91. The van der Waals surface area contributed by atoms with Crippen LogP contribution >= 0.6 is 0 Å². The van der Waals surface area contributed by atoms with Gasteiger partial charge in [0.15, 0.2) is 0 Å². The molecule has 0 radical (unpaired) electrons. The summed E-state index contributed by atoms with van der Waals surface area (Å²) < 4.78 is 0. The summed E-state index contributed by atoms with van der Waals surface area (Å²) in [6, 6.07) is 13.1. The van der Waals surface area contributed by atoms with Gasteiger partial charge in [0.2, 0.25) is 0 Å². The molecule has 0 aliphatic heterocycles. The molecule has 0 spiro atoms. The van der Waals surface area contributed by atoms with E-state index in [1.54, 1.807) is 12.1 Å². The van der Waals surface area contributed by atoms with Crippen molar-refractivity contribution in [2.45, 2.75) is 13.8 Å². The molecule has 5 heteroatoms. The number of benzene rings is 2. The zero-order chi connectivity index (χ0) is 15.4. The average Bonchev–Trinajstić information content (AvgIpc) is 2.46. The van der Waals surface area contributed by atoms with Crippen molar-refractivity contribution in [2.24, 2.45) is 0 Å². The second-order valence-corrected chi connectivity index (χ2v) is 4.92. The fourth-order valence-corrected chi connectivity index (χ4v) is 2.19. The minimum absolute atomic E-state index is 0.0861. The van der Waals surface area contributed by atoms with Crippen LogP contribution in [0.15, 0.2) is 42.5 Å². The molecule has 0 fully saturated rings. The van der Waals surface area contributed by atoms with E-state index < -0.39 is 0 Å². The van der Waals surface area contributed by atoms with Crippen LogP contribution in [0.2, 0.25) is 0 Å². The summed E-state index contributed by atoms with van der Waals surface area (Å²) in [6.07, 6.45) is 0. The predicted octanol–water partition coefficient (Wildman–Crippen LogP) is 4.10. The molecule has 0 bridgehead atoms. The standard InChI is InChI=1S/C16H19N3O2/c1-4-17-13-9-15(11-16(10-13)19(20)21)18(3)14-7-5-6-12(2)8-14/h5-11,17H,4H2,1-3H3. The third-order valence-electron chi connectivity index (χ3n) is 3.27. The molecule has 0 saturated carbocycles. The molecule has 21 heavy (non-hydrogen) atoms. The first-order chi connectivity index (χ1) is 10.0. The number of hydrogen-bond acceptors (Lipinski definition) is 4. The van der Waals surface area contributed by atoms with Crippen molar-refractivity contribution in [3.8, 4) is 0 Å². The number of rotatable bonds is 5. The highest BCUT2D eigenvalue weighted by atomic mass is 16.6. The maximum absolute atomic E-state index is 11.1. The van der Waals surface area contributed by atoms with Gasteiger partial charge in [0, 0.05) is 42.8 Å². The zero-order valence-corrected chi connectivity index (χ0v) is 12.5. The fraction of sp³-hybridized carbons (Fsp3) is 0.250. The molecular weight excluding hydrogens is 266 g/mol. The Kier molecular flexibility index (Phi) is 4.42. The van der Waals surface area contributed by atoms with Gasteiger partial charge < -0.3 is 10.2 Å². The molecule has 0 saturated heterocycles. The first kappa shape index (κ1) is 14.8. The van der Waals surface area contributed by atoms with E-state index in [9.17, 15) is 10.1 Å². The summed E-state index contributed by atoms with van der Waals surface area (Å²) in [5.41, 5.74) is 3.77. The minimum atomic E-state index is -0.367. The Balaban J connectivity index is 2.44. The summed E-state index contributed by atoms with van der Waals surface area (Å²) in [6.45, 7) is 4.70. The molecule has 0 aliphatic rings. The zero-order valence-electron chi connectivity index (χ0n) is 12.5. The quantitative estimate of drug-likeness (QED) is 0.663. The number of aryl methyl sites for hydroxylation is 1. The van der Waals surface area contributed by atoms with Gasteiger partial charge >= 0.3 is 0 Å². The predicted molar refractivity (Wildman–Crippen MR) is 86.5 cm³/mol. The van der Waals surface area contributed by atoms with Crippen LogP contribution < -0.4 is 10.2 Å². The van der Waals surface area contributed by atoms with Gasteiger partial charge in [-0.05, 0) is 37.6 Å². The Labute approximate surface area is 124 Å². The van der Waals surface area contributed by atoms with E-state index in [1.807, 2.05) is 56.1 Å². The minimum Gasteiger partial charge on any atom is -0.385 e. The molecule has 5 nitrogen and oxygen atoms in total. The van der Waals surface area contributed by atoms with Crippen molar-refractivity contribution in [2.75, 3.05) is 23.8 Å². The molecule has 0 amide bonds. The van der Waals surface area contributed by atoms with E-state index in [0.717, 1.165) is 29.2 Å². The summed E-state index contributed by atoms with van der Waals surface area (Å²) in [5.74, 6) is 0. The molecule has 0 heterocycles. The van der Waals surface area contributed by atoms with Gasteiger partial charge in [0.05, 0.1) is 4.92 Å². The first-order valence-corrected chi connectivity index (χ1v) is 6.85. The van der Waals surface area contributed by atoms with Crippen molar-refractivity contribution in [1.29, 1.82) is 0 Å². The number of hydrogen-bond donors (Lipinski definition) is 1. The van der Waals surface area contributed by atoms with E-state index in [1.165, 1.54) is 0 Å². The molecule has 0 atom stereocenters. The van der Waals surface area contributed by atoms with Gasteiger partial charge in [-0.1, -0.05) is 12.1 Å². The van der Waals surface area contributed by atoms with Crippen LogP contribution in [0.4, 0.5) is 22.7 Å². The number of anilines is 3. The lowest BCUT2D eigenvalue weighted by atomic mass is 10.2. The van der Waals surface area contributed by atoms with E-state index >= 15 is 0 Å². The van der Waals surface area contributed by atoms with E-state index in [2.05, 4.69) is 5.32 Å². The molecule has 0 unspecified atom stereocenters. The van der Waals surface area contributed by atoms with Gasteiger partial charge in [0.1, 0.15) is 0 Å². The van der Waals surface area contributed by atoms with Crippen molar-refractivity contribution < 1.29 is 4.92 Å². The molecule has 2 rings (SSSR count). The van der Waals surface area contributed by atoms with Crippen molar-refractivity contribution in [3.05, 3.63) is 58.1 Å². The normalized spacial score (nSPS) is 10.2. The van der Waals surface area contributed by atoms with Crippen molar-refractivity contribution in [1.82, 2.24) is 0 Å².